The summed E-state index contributed by atoms with van der Waals surface area (Å²) in [7, 11) is 0. The first kappa shape index (κ1) is 19.5. The van der Waals surface area contributed by atoms with Crippen molar-refractivity contribution in [3.05, 3.63) is 65.0 Å². The van der Waals surface area contributed by atoms with Gasteiger partial charge in [-0.25, -0.2) is 0 Å². The van der Waals surface area contributed by atoms with E-state index in [2.05, 4.69) is 10.1 Å². The van der Waals surface area contributed by atoms with Crippen LogP contribution in [0.15, 0.2) is 53.1 Å². The number of ether oxygens (including phenoxy) is 1. The maximum Gasteiger partial charge on any atom is 0.232 e. The predicted octanol–water partition coefficient (Wildman–Crippen LogP) is 4.69. The van der Waals surface area contributed by atoms with Crippen molar-refractivity contribution < 1.29 is 14.1 Å². The Morgan fingerprint density at radius 3 is 2.59 bits per heavy atom. The Balaban J connectivity index is 1.43. The van der Waals surface area contributed by atoms with Crippen molar-refractivity contribution in [1.29, 1.82) is 0 Å². The maximum atomic E-state index is 12.4. The van der Waals surface area contributed by atoms with Gasteiger partial charge in [0, 0.05) is 30.1 Å². The molecule has 0 bridgehead atoms. The smallest absolute Gasteiger partial charge is 0.232 e. The molecule has 1 saturated heterocycles. The van der Waals surface area contributed by atoms with Crippen LogP contribution in [0.25, 0.3) is 11.4 Å². The summed E-state index contributed by atoms with van der Waals surface area (Å²) in [6, 6.07) is 15.1. The van der Waals surface area contributed by atoms with E-state index in [4.69, 9.17) is 20.9 Å². The molecule has 1 unspecified atom stereocenters. The van der Waals surface area contributed by atoms with Gasteiger partial charge in [-0.3, -0.25) is 4.79 Å². The summed E-state index contributed by atoms with van der Waals surface area (Å²) < 4.78 is 11.1. The van der Waals surface area contributed by atoms with Crippen molar-refractivity contribution in [2.75, 3.05) is 6.54 Å². The van der Waals surface area contributed by atoms with Crippen LogP contribution in [-0.2, 0) is 11.3 Å². The van der Waals surface area contributed by atoms with Crippen LogP contribution in [0.4, 0.5) is 0 Å². The minimum absolute atomic E-state index is 0.0832. The van der Waals surface area contributed by atoms with E-state index >= 15 is 0 Å². The van der Waals surface area contributed by atoms with Crippen molar-refractivity contribution >= 4 is 17.5 Å². The van der Waals surface area contributed by atoms with Crippen LogP contribution < -0.4 is 4.74 Å². The number of halogens is 1. The van der Waals surface area contributed by atoms with E-state index in [-0.39, 0.29) is 17.9 Å². The largest absolute Gasteiger partial charge is 0.491 e. The third-order valence-electron chi connectivity index (χ3n) is 4.78. The van der Waals surface area contributed by atoms with Crippen LogP contribution >= 0.6 is 11.6 Å². The number of rotatable bonds is 6. The number of benzene rings is 2. The summed E-state index contributed by atoms with van der Waals surface area (Å²) in [5, 5.41) is 4.78. The number of carbonyl (C=O) groups is 1. The highest BCUT2D eigenvalue weighted by molar-refractivity contribution is 6.30. The number of hydrogen-bond acceptors (Lipinski definition) is 5. The van der Waals surface area contributed by atoms with E-state index in [1.807, 2.05) is 67.3 Å². The fraction of sp³-hybridized carbons (Fsp3) is 0.318. The van der Waals surface area contributed by atoms with Crippen LogP contribution in [0, 0.1) is 0 Å². The number of likely N-dealkylation sites (tertiary alicyclic amines) is 1. The summed E-state index contributed by atoms with van der Waals surface area (Å²) in [5.74, 6) is 1.79. The molecule has 7 heteroatoms. The molecule has 1 fully saturated rings. The van der Waals surface area contributed by atoms with Gasteiger partial charge < -0.3 is 14.2 Å². The van der Waals surface area contributed by atoms with Crippen molar-refractivity contribution in [2.24, 2.45) is 0 Å². The Hall–Kier alpha value is -2.86. The van der Waals surface area contributed by atoms with Gasteiger partial charge in [-0.15, -0.1) is 0 Å². The van der Waals surface area contributed by atoms with Crippen LogP contribution in [0.2, 0.25) is 5.02 Å². The summed E-state index contributed by atoms with van der Waals surface area (Å²) in [5.41, 5.74) is 1.89. The standard InChI is InChI=1S/C22H22ClN3O3/c1-14(2)28-19-9-5-16(6-10-19)21-24-22(29-25-21)17-11-20(27)26(13-17)12-15-3-7-18(23)8-4-15/h3-10,14,17H,11-13H2,1-2H3. The topological polar surface area (TPSA) is 68.5 Å². The highest BCUT2D eigenvalue weighted by Gasteiger charge is 2.34. The Morgan fingerprint density at radius 2 is 1.90 bits per heavy atom. The second-order valence-electron chi connectivity index (χ2n) is 7.45. The van der Waals surface area contributed by atoms with E-state index in [1.165, 1.54) is 0 Å². The number of aromatic nitrogens is 2. The lowest BCUT2D eigenvalue weighted by Crippen LogP contribution is -2.24. The van der Waals surface area contributed by atoms with Gasteiger partial charge in [0.2, 0.25) is 17.6 Å². The number of amides is 1. The zero-order valence-corrected chi connectivity index (χ0v) is 17.1. The van der Waals surface area contributed by atoms with Gasteiger partial charge in [-0.05, 0) is 55.8 Å². The molecule has 2 heterocycles. The van der Waals surface area contributed by atoms with E-state index < -0.39 is 0 Å². The Bertz CT molecular complexity index is 983. The molecule has 2 aromatic carbocycles. The first-order valence-corrected chi connectivity index (χ1v) is 9.98. The zero-order chi connectivity index (χ0) is 20.4. The zero-order valence-electron chi connectivity index (χ0n) is 16.3. The molecule has 1 aliphatic rings. The van der Waals surface area contributed by atoms with E-state index in [9.17, 15) is 4.79 Å². The Morgan fingerprint density at radius 1 is 1.17 bits per heavy atom. The molecule has 1 aliphatic heterocycles. The normalized spacial score (nSPS) is 16.6. The molecule has 0 saturated carbocycles. The van der Waals surface area contributed by atoms with Crippen LogP contribution in [0.3, 0.4) is 0 Å². The summed E-state index contributed by atoms with van der Waals surface area (Å²) in [4.78, 5) is 18.8. The van der Waals surface area contributed by atoms with Crippen LogP contribution in [-0.4, -0.2) is 33.6 Å². The molecule has 6 nitrogen and oxygen atoms in total. The molecule has 0 radical (unpaired) electrons. The highest BCUT2D eigenvalue weighted by atomic mass is 35.5. The van der Waals surface area contributed by atoms with Gasteiger partial charge in [0.25, 0.3) is 0 Å². The van der Waals surface area contributed by atoms with Gasteiger partial charge in [-0.2, -0.15) is 4.98 Å². The maximum absolute atomic E-state index is 12.4. The second-order valence-corrected chi connectivity index (χ2v) is 7.89. The molecule has 0 spiro atoms. The van der Waals surface area contributed by atoms with E-state index in [0.29, 0.717) is 36.2 Å². The van der Waals surface area contributed by atoms with Gasteiger partial charge in [0.1, 0.15) is 5.75 Å². The molecule has 29 heavy (non-hydrogen) atoms. The summed E-state index contributed by atoms with van der Waals surface area (Å²) >= 11 is 5.93. The summed E-state index contributed by atoms with van der Waals surface area (Å²) in [6.45, 7) is 5.08. The number of nitrogens with zero attached hydrogens (tertiary/aromatic N) is 3. The van der Waals surface area contributed by atoms with Crippen LogP contribution in [0.5, 0.6) is 5.75 Å². The second kappa shape index (κ2) is 8.25. The quantitative estimate of drug-likeness (QED) is 0.588. The lowest BCUT2D eigenvalue weighted by molar-refractivity contribution is -0.128. The molecule has 3 aromatic rings. The van der Waals surface area contributed by atoms with E-state index in [1.54, 1.807) is 0 Å². The average molecular weight is 412 g/mol. The molecular weight excluding hydrogens is 390 g/mol. The third-order valence-corrected chi connectivity index (χ3v) is 5.03. The minimum atomic E-state index is -0.0976. The SMILES string of the molecule is CC(C)Oc1ccc(-c2noc(C3CC(=O)N(Cc4ccc(Cl)cc4)C3)n2)cc1. The molecular formula is C22H22ClN3O3. The molecule has 1 atom stereocenters. The molecule has 1 aromatic heterocycles. The van der Waals surface area contributed by atoms with Crippen molar-refractivity contribution in [3.63, 3.8) is 0 Å². The average Bonchev–Trinajstić information content (AvgIpc) is 3.31. The van der Waals surface area contributed by atoms with Gasteiger partial charge in [0.15, 0.2) is 0 Å². The minimum Gasteiger partial charge on any atom is -0.491 e. The van der Waals surface area contributed by atoms with E-state index in [0.717, 1.165) is 16.9 Å². The van der Waals surface area contributed by atoms with Crippen molar-refractivity contribution in [2.45, 2.75) is 38.8 Å². The molecule has 0 aliphatic carbocycles. The van der Waals surface area contributed by atoms with Crippen molar-refractivity contribution in [1.82, 2.24) is 15.0 Å². The highest BCUT2D eigenvalue weighted by Crippen LogP contribution is 2.30. The lowest BCUT2D eigenvalue weighted by Gasteiger charge is -2.16. The van der Waals surface area contributed by atoms with Gasteiger partial charge in [0.05, 0.1) is 12.0 Å². The fourth-order valence-corrected chi connectivity index (χ4v) is 3.50. The molecule has 1 amide bonds. The molecule has 150 valence electrons. The predicted molar refractivity (Wildman–Crippen MR) is 110 cm³/mol. The number of hydrogen-bond donors (Lipinski definition) is 0. The monoisotopic (exact) mass is 411 g/mol. The lowest BCUT2D eigenvalue weighted by atomic mass is 10.1. The first-order chi connectivity index (χ1) is 14.0. The Kier molecular flexibility index (Phi) is 5.53. The van der Waals surface area contributed by atoms with Gasteiger partial charge in [-0.1, -0.05) is 28.9 Å². The fourth-order valence-electron chi connectivity index (χ4n) is 3.37. The van der Waals surface area contributed by atoms with Crippen LogP contribution in [0.1, 0.15) is 37.6 Å². The van der Waals surface area contributed by atoms with Crippen molar-refractivity contribution in [3.8, 4) is 17.1 Å². The summed E-state index contributed by atoms with van der Waals surface area (Å²) in [6.07, 6.45) is 0.490. The Labute approximate surface area is 174 Å². The molecule has 0 N–H and O–H groups in total. The first-order valence-electron chi connectivity index (χ1n) is 9.61. The number of carbonyl (C=O) groups excluding carboxylic acids is 1. The van der Waals surface area contributed by atoms with Gasteiger partial charge >= 0.3 is 0 Å². The third kappa shape index (κ3) is 4.59. The molecule has 4 rings (SSSR count).